The molecule has 1 aromatic carbocycles. The SMILES string of the molecule is COC(=O)Nc1ccc(CNC(=O)CN2C(=O)NC3(CCCC3)C2=O)cc1. The van der Waals surface area contributed by atoms with Crippen molar-refractivity contribution in [1.82, 2.24) is 15.5 Å². The number of imide groups is 1. The molecule has 0 bridgehead atoms. The quantitative estimate of drug-likeness (QED) is 0.673. The Hall–Kier alpha value is -3.10. The molecule has 1 saturated heterocycles. The number of amides is 5. The van der Waals surface area contributed by atoms with Crippen LogP contribution in [0.15, 0.2) is 24.3 Å². The van der Waals surface area contributed by atoms with E-state index in [1.807, 2.05) is 0 Å². The van der Waals surface area contributed by atoms with E-state index in [0.717, 1.165) is 23.3 Å². The second-order valence-corrected chi connectivity index (χ2v) is 6.70. The molecular formula is C18H22N4O5. The maximum absolute atomic E-state index is 12.5. The summed E-state index contributed by atoms with van der Waals surface area (Å²) in [5.74, 6) is -0.719. The standard InChI is InChI=1S/C18H22N4O5/c1-27-17(26)20-13-6-4-12(5-7-13)10-19-14(23)11-22-15(24)18(21-16(22)25)8-2-3-9-18/h4-7H,2-3,8-11H2,1H3,(H,19,23)(H,20,26)(H,21,25). The Bertz CT molecular complexity index is 756. The summed E-state index contributed by atoms with van der Waals surface area (Å²) in [4.78, 5) is 48.9. The minimum absolute atomic E-state index is 0.242. The van der Waals surface area contributed by atoms with Crippen molar-refractivity contribution in [3.8, 4) is 0 Å². The number of hydrogen-bond acceptors (Lipinski definition) is 5. The number of anilines is 1. The molecule has 1 spiro atoms. The Morgan fingerprint density at radius 2 is 1.85 bits per heavy atom. The number of carbonyl (C=O) groups excluding carboxylic acids is 4. The molecule has 1 aliphatic carbocycles. The van der Waals surface area contributed by atoms with E-state index in [4.69, 9.17) is 0 Å². The van der Waals surface area contributed by atoms with Crippen LogP contribution in [0, 0.1) is 0 Å². The summed E-state index contributed by atoms with van der Waals surface area (Å²) in [5, 5.41) is 7.97. The fraction of sp³-hybridized carbons (Fsp3) is 0.444. The molecule has 27 heavy (non-hydrogen) atoms. The van der Waals surface area contributed by atoms with E-state index < -0.39 is 23.6 Å². The molecule has 0 atom stereocenters. The average Bonchev–Trinajstić information content (AvgIpc) is 3.22. The first-order valence-electron chi connectivity index (χ1n) is 8.78. The highest BCUT2D eigenvalue weighted by molar-refractivity contribution is 6.09. The van der Waals surface area contributed by atoms with Crippen LogP contribution in [0.4, 0.5) is 15.3 Å². The molecule has 1 aromatic rings. The molecule has 1 saturated carbocycles. The lowest BCUT2D eigenvalue weighted by Gasteiger charge is -2.19. The van der Waals surface area contributed by atoms with Crippen molar-refractivity contribution >= 4 is 29.6 Å². The third kappa shape index (κ3) is 4.02. The zero-order chi connectivity index (χ0) is 19.4. The molecule has 3 N–H and O–H groups in total. The van der Waals surface area contributed by atoms with Gasteiger partial charge < -0.3 is 15.4 Å². The summed E-state index contributed by atoms with van der Waals surface area (Å²) in [5.41, 5.74) is 0.571. The molecule has 9 heteroatoms. The molecule has 2 aliphatic rings. The molecule has 0 radical (unpaired) electrons. The van der Waals surface area contributed by atoms with Gasteiger partial charge in [0.25, 0.3) is 5.91 Å². The highest BCUT2D eigenvalue weighted by atomic mass is 16.5. The van der Waals surface area contributed by atoms with Crippen molar-refractivity contribution in [1.29, 1.82) is 0 Å². The van der Waals surface area contributed by atoms with Crippen LogP contribution >= 0.6 is 0 Å². The first-order valence-corrected chi connectivity index (χ1v) is 8.78. The van der Waals surface area contributed by atoms with Gasteiger partial charge in [-0.05, 0) is 30.5 Å². The van der Waals surface area contributed by atoms with Crippen LogP contribution in [-0.2, 0) is 20.9 Å². The zero-order valence-electron chi connectivity index (χ0n) is 15.0. The number of ether oxygens (including phenoxy) is 1. The predicted octanol–water partition coefficient (Wildman–Crippen LogP) is 1.35. The maximum Gasteiger partial charge on any atom is 0.411 e. The predicted molar refractivity (Wildman–Crippen MR) is 95.8 cm³/mol. The second kappa shape index (κ2) is 7.65. The number of carbonyl (C=O) groups is 4. The van der Waals surface area contributed by atoms with Gasteiger partial charge in [0.05, 0.1) is 7.11 Å². The Morgan fingerprint density at radius 3 is 2.48 bits per heavy atom. The van der Waals surface area contributed by atoms with Crippen molar-refractivity contribution in [3.05, 3.63) is 29.8 Å². The van der Waals surface area contributed by atoms with Gasteiger partial charge in [-0.15, -0.1) is 0 Å². The van der Waals surface area contributed by atoms with Crippen molar-refractivity contribution < 1.29 is 23.9 Å². The number of nitrogens with one attached hydrogen (secondary N) is 3. The lowest BCUT2D eigenvalue weighted by molar-refractivity contribution is -0.134. The average molecular weight is 374 g/mol. The summed E-state index contributed by atoms with van der Waals surface area (Å²) in [7, 11) is 1.28. The number of benzene rings is 1. The Labute approximate surface area is 156 Å². The van der Waals surface area contributed by atoms with Crippen molar-refractivity contribution in [3.63, 3.8) is 0 Å². The van der Waals surface area contributed by atoms with Crippen LogP contribution in [0.3, 0.4) is 0 Å². The first kappa shape index (κ1) is 18.7. The molecule has 9 nitrogen and oxygen atoms in total. The molecular weight excluding hydrogens is 352 g/mol. The fourth-order valence-electron chi connectivity index (χ4n) is 3.41. The van der Waals surface area contributed by atoms with E-state index in [9.17, 15) is 19.2 Å². The number of hydrogen-bond donors (Lipinski definition) is 3. The lowest BCUT2D eigenvalue weighted by Crippen LogP contribution is -2.45. The summed E-state index contributed by atoms with van der Waals surface area (Å²) >= 11 is 0. The highest BCUT2D eigenvalue weighted by Crippen LogP contribution is 2.34. The van der Waals surface area contributed by atoms with E-state index in [1.54, 1.807) is 24.3 Å². The van der Waals surface area contributed by atoms with Gasteiger partial charge in [0.2, 0.25) is 5.91 Å². The lowest BCUT2D eigenvalue weighted by atomic mass is 9.98. The number of methoxy groups -OCH3 is 1. The van der Waals surface area contributed by atoms with Crippen LogP contribution in [0.5, 0.6) is 0 Å². The molecule has 5 amide bonds. The van der Waals surface area contributed by atoms with Crippen molar-refractivity contribution in [2.75, 3.05) is 19.0 Å². The van der Waals surface area contributed by atoms with Gasteiger partial charge in [0.1, 0.15) is 12.1 Å². The van der Waals surface area contributed by atoms with E-state index in [0.29, 0.717) is 18.5 Å². The van der Waals surface area contributed by atoms with Gasteiger partial charge in [0, 0.05) is 12.2 Å². The number of nitrogens with zero attached hydrogens (tertiary/aromatic N) is 1. The number of urea groups is 1. The summed E-state index contributed by atoms with van der Waals surface area (Å²) < 4.78 is 4.51. The first-order chi connectivity index (χ1) is 12.9. The second-order valence-electron chi connectivity index (χ2n) is 6.70. The Balaban J connectivity index is 1.50. The smallest absolute Gasteiger partial charge is 0.411 e. The minimum atomic E-state index is -0.806. The molecule has 1 aliphatic heterocycles. The normalized spacial score (nSPS) is 17.7. The van der Waals surface area contributed by atoms with Crippen LogP contribution in [0.2, 0.25) is 0 Å². The Kier molecular flexibility index (Phi) is 5.29. The molecule has 3 rings (SSSR count). The zero-order valence-corrected chi connectivity index (χ0v) is 15.0. The molecule has 0 unspecified atom stereocenters. The van der Waals surface area contributed by atoms with Gasteiger partial charge in [-0.25, -0.2) is 9.59 Å². The van der Waals surface area contributed by atoms with Crippen LogP contribution in [0.25, 0.3) is 0 Å². The largest absolute Gasteiger partial charge is 0.453 e. The van der Waals surface area contributed by atoms with Crippen LogP contribution < -0.4 is 16.0 Å². The van der Waals surface area contributed by atoms with Crippen LogP contribution in [0.1, 0.15) is 31.2 Å². The van der Waals surface area contributed by atoms with Gasteiger partial charge in [-0.1, -0.05) is 25.0 Å². The highest BCUT2D eigenvalue weighted by Gasteiger charge is 2.52. The van der Waals surface area contributed by atoms with Gasteiger partial charge in [-0.3, -0.25) is 19.8 Å². The maximum atomic E-state index is 12.5. The minimum Gasteiger partial charge on any atom is -0.453 e. The van der Waals surface area contributed by atoms with Crippen molar-refractivity contribution in [2.45, 2.75) is 37.8 Å². The van der Waals surface area contributed by atoms with Gasteiger partial charge >= 0.3 is 12.1 Å². The van der Waals surface area contributed by atoms with E-state index in [1.165, 1.54) is 7.11 Å². The third-order valence-corrected chi connectivity index (χ3v) is 4.88. The molecule has 0 aromatic heterocycles. The van der Waals surface area contributed by atoms with Gasteiger partial charge in [-0.2, -0.15) is 0 Å². The monoisotopic (exact) mass is 374 g/mol. The molecule has 144 valence electrons. The van der Waals surface area contributed by atoms with Crippen LogP contribution in [-0.4, -0.2) is 48.0 Å². The van der Waals surface area contributed by atoms with E-state index >= 15 is 0 Å². The van der Waals surface area contributed by atoms with Crippen molar-refractivity contribution in [2.24, 2.45) is 0 Å². The van der Waals surface area contributed by atoms with Gasteiger partial charge in [0.15, 0.2) is 0 Å². The van der Waals surface area contributed by atoms with E-state index in [-0.39, 0.29) is 19.0 Å². The summed E-state index contributed by atoms with van der Waals surface area (Å²) in [6.45, 7) is -0.0550. The summed E-state index contributed by atoms with van der Waals surface area (Å²) in [6, 6.07) is 6.34. The molecule has 1 heterocycles. The number of rotatable bonds is 5. The summed E-state index contributed by atoms with van der Waals surface area (Å²) in [6.07, 6.45) is 2.48. The topological polar surface area (TPSA) is 117 Å². The molecule has 2 fully saturated rings. The Morgan fingerprint density at radius 1 is 1.19 bits per heavy atom. The van der Waals surface area contributed by atoms with E-state index in [2.05, 4.69) is 20.7 Å². The third-order valence-electron chi connectivity index (χ3n) is 4.88. The fourth-order valence-corrected chi connectivity index (χ4v) is 3.41.